The van der Waals surface area contributed by atoms with Gasteiger partial charge >= 0.3 is 0 Å². The first-order chi connectivity index (χ1) is 28.7. The number of carbonyl (C=O) groups is 3. The highest BCUT2D eigenvalue weighted by Gasteiger charge is 2.54. The molecule has 0 aromatic heterocycles. The van der Waals surface area contributed by atoms with Gasteiger partial charge in [0.25, 0.3) is 5.91 Å². The van der Waals surface area contributed by atoms with Gasteiger partial charge < -0.3 is 80.1 Å². The third-order valence-corrected chi connectivity index (χ3v) is 10.8. The van der Waals surface area contributed by atoms with E-state index in [1.54, 1.807) is 19.1 Å². The van der Waals surface area contributed by atoms with E-state index in [1.165, 1.54) is 44.7 Å². The molecule has 6 unspecified atom stereocenters. The molecule has 0 saturated carbocycles. The summed E-state index contributed by atoms with van der Waals surface area (Å²) in [6.45, 7) is 4.32. The first-order valence-electron chi connectivity index (χ1n) is 20.8. The van der Waals surface area contributed by atoms with E-state index in [-0.39, 0.29) is 5.56 Å². The van der Waals surface area contributed by atoms with E-state index in [4.69, 9.17) is 28.4 Å². The molecule has 1 aromatic carbocycles. The third-order valence-electron chi connectivity index (χ3n) is 10.8. The Kier molecular flexibility index (Phi) is 20.0. The first-order valence-corrected chi connectivity index (χ1v) is 20.8. The number of aliphatic hydroxyl groups excluding tert-OH is 7. The predicted octanol–water partition coefficient (Wildman–Crippen LogP) is -1.09. The number of ether oxygens (including phenoxy) is 6. The van der Waals surface area contributed by atoms with Gasteiger partial charge in [0.2, 0.25) is 11.8 Å². The number of amides is 3. The minimum atomic E-state index is -1.78. The summed E-state index contributed by atoms with van der Waals surface area (Å²) in [6.07, 6.45) is -5.98. The molecule has 0 spiro atoms. The number of nitrogens with one attached hydrogen (secondary N) is 3. The lowest BCUT2D eigenvalue weighted by Crippen LogP contribution is -2.70. The van der Waals surface area contributed by atoms with Crippen molar-refractivity contribution in [3.05, 3.63) is 42.0 Å². The summed E-state index contributed by atoms with van der Waals surface area (Å²) >= 11 is 0. The second-order valence-corrected chi connectivity index (χ2v) is 15.5. The van der Waals surface area contributed by atoms with E-state index < -0.39 is 129 Å². The van der Waals surface area contributed by atoms with Gasteiger partial charge in [-0.2, -0.15) is 0 Å². The van der Waals surface area contributed by atoms with Gasteiger partial charge in [-0.05, 0) is 50.8 Å². The zero-order valence-corrected chi connectivity index (χ0v) is 34.7. The Labute approximate surface area is 350 Å². The molecule has 15 atom stereocenters. The van der Waals surface area contributed by atoms with Crippen LogP contribution < -0.4 is 20.7 Å². The zero-order valence-electron chi connectivity index (χ0n) is 34.7. The summed E-state index contributed by atoms with van der Waals surface area (Å²) in [5.74, 6) is -1.43. The van der Waals surface area contributed by atoms with Crippen molar-refractivity contribution in [3.63, 3.8) is 0 Å². The van der Waals surface area contributed by atoms with Crippen molar-refractivity contribution in [1.29, 1.82) is 0 Å². The first kappa shape index (κ1) is 49.3. The Hall–Kier alpha value is -3.31. The van der Waals surface area contributed by atoms with E-state index in [2.05, 4.69) is 35.0 Å². The number of rotatable bonds is 21. The molecule has 19 heteroatoms. The SMILES string of the molecule is CCCCCC/C=C\CCCOc1cccc(C(=O)N[C@@H]2C(O[C@H]3C(O)C(NC(C)=O)[C@H](OC4C(CO)O[C@@H](C)[C@@H](NC(C)=O)[C@H]4O)O[C@H]3CO)OC(CO)[C@@H](O)[C@@H]2O)c1. The lowest BCUT2D eigenvalue weighted by atomic mass is 9.92. The van der Waals surface area contributed by atoms with E-state index in [0.29, 0.717) is 12.4 Å². The molecule has 3 amide bonds. The summed E-state index contributed by atoms with van der Waals surface area (Å²) in [5.41, 5.74) is 0.134. The third kappa shape index (κ3) is 13.3. The van der Waals surface area contributed by atoms with Crippen molar-refractivity contribution >= 4 is 17.7 Å². The summed E-state index contributed by atoms with van der Waals surface area (Å²) in [4.78, 5) is 38.0. The zero-order chi connectivity index (χ0) is 43.9. The highest BCUT2D eigenvalue weighted by Crippen LogP contribution is 2.33. The van der Waals surface area contributed by atoms with Gasteiger partial charge in [-0.15, -0.1) is 0 Å². The molecule has 340 valence electrons. The molecule has 3 fully saturated rings. The van der Waals surface area contributed by atoms with E-state index in [0.717, 1.165) is 26.2 Å². The molecule has 3 aliphatic heterocycles. The Bertz CT molecular complexity index is 1520. The average molecular weight is 856 g/mol. The molecule has 3 aliphatic rings. The summed E-state index contributed by atoms with van der Waals surface area (Å²) in [6, 6.07) is 2.33. The predicted molar refractivity (Wildman–Crippen MR) is 212 cm³/mol. The molecular weight excluding hydrogens is 790 g/mol. The summed E-state index contributed by atoms with van der Waals surface area (Å²) in [7, 11) is 0. The molecule has 3 saturated heterocycles. The van der Waals surface area contributed by atoms with E-state index in [1.807, 2.05) is 0 Å². The number of hydrogen-bond donors (Lipinski definition) is 10. The van der Waals surface area contributed by atoms with Crippen molar-refractivity contribution in [2.75, 3.05) is 26.4 Å². The second kappa shape index (κ2) is 24.4. The van der Waals surface area contributed by atoms with Crippen LogP contribution in [0.3, 0.4) is 0 Å². The fourth-order valence-corrected chi connectivity index (χ4v) is 7.57. The van der Waals surface area contributed by atoms with Crippen molar-refractivity contribution in [2.45, 2.75) is 164 Å². The van der Waals surface area contributed by atoms with Crippen molar-refractivity contribution in [1.82, 2.24) is 16.0 Å². The fraction of sp³-hybridized carbons (Fsp3) is 0.732. The highest BCUT2D eigenvalue weighted by molar-refractivity contribution is 5.94. The summed E-state index contributed by atoms with van der Waals surface area (Å²) in [5, 5.41) is 83.3. The maximum atomic E-state index is 13.6. The number of allylic oxidation sites excluding steroid dienone is 2. The minimum Gasteiger partial charge on any atom is -0.494 e. The number of unbranched alkanes of at least 4 members (excludes halogenated alkanes) is 5. The van der Waals surface area contributed by atoms with Crippen LogP contribution in [0.1, 0.15) is 83.0 Å². The Morgan fingerprint density at radius 3 is 1.83 bits per heavy atom. The van der Waals surface area contributed by atoms with Gasteiger partial charge in [-0.25, -0.2) is 0 Å². The molecular formula is C41H65N3O16. The van der Waals surface area contributed by atoms with Crippen molar-refractivity contribution < 1.29 is 78.6 Å². The molecule has 10 N–H and O–H groups in total. The number of aliphatic hydroxyl groups is 7. The second-order valence-electron chi connectivity index (χ2n) is 15.5. The van der Waals surface area contributed by atoms with Crippen LogP contribution in [-0.2, 0) is 33.3 Å². The van der Waals surface area contributed by atoms with Crippen molar-refractivity contribution in [3.8, 4) is 5.75 Å². The van der Waals surface area contributed by atoms with Gasteiger partial charge in [-0.3, -0.25) is 14.4 Å². The molecule has 0 aliphatic carbocycles. The molecule has 60 heavy (non-hydrogen) atoms. The number of hydrogen-bond acceptors (Lipinski definition) is 16. The highest BCUT2D eigenvalue weighted by atomic mass is 16.7. The van der Waals surface area contributed by atoms with Gasteiger partial charge in [-0.1, -0.05) is 44.4 Å². The van der Waals surface area contributed by atoms with Crippen LogP contribution in [0, 0.1) is 0 Å². The maximum absolute atomic E-state index is 13.6. The fourth-order valence-electron chi connectivity index (χ4n) is 7.57. The summed E-state index contributed by atoms with van der Waals surface area (Å²) < 4.78 is 35.7. The maximum Gasteiger partial charge on any atom is 0.251 e. The largest absolute Gasteiger partial charge is 0.494 e. The smallest absolute Gasteiger partial charge is 0.251 e. The van der Waals surface area contributed by atoms with Gasteiger partial charge in [0.15, 0.2) is 12.6 Å². The van der Waals surface area contributed by atoms with Crippen LogP contribution in [0.4, 0.5) is 0 Å². The van der Waals surface area contributed by atoms with Crippen LogP contribution in [0.15, 0.2) is 36.4 Å². The quantitative estimate of drug-likeness (QED) is 0.0519. The Morgan fingerprint density at radius 1 is 0.683 bits per heavy atom. The molecule has 1 aromatic rings. The molecule has 0 radical (unpaired) electrons. The normalized spacial score (nSPS) is 34.5. The molecule has 4 rings (SSSR count). The van der Waals surface area contributed by atoms with Crippen LogP contribution in [0.25, 0.3) is 0 Å². The van der Waals surface area contributed by atoms with Crippen LogP contribution in [-0.4, -0.2) is 172 Å². The standard InChI is InChI=1S/C41H65N3O16/c1-5-6-7-8-9-10-11-12-13-17-55-26-16-14-15-25(18-26)39(54)44-31-34(51)33(50)27(19-45)57-40(31)60-38-29(21-47)58-41(32(36(38)53)43-24(4)49)59-37-28(20-46)56-22(2)30(35(37)52)42-23(3)48/h10-11,14-16,18,22,27-38,40-41,45-47,50-53H,5-9,12-13,17,19-21H2,1-4H3,(H,42,48)(H,43,49)(H,44,54)/b11-10-/t22-,27?,28?,29-,30+,31-,32?,33+,34+,35+,36?,37?,38+,40?,41-/m0/s1. The van der Waals surface area contributed by atoms with Gasteiger partial charge in [0, 0.05) is 19.4 Å². The molecule has 0 bridgehead atoms. The van der Waals surface area contributed by atoms with Crippen molar-refractivity contribution in [2.24, 2.45) is 0 Å². The van der Waals surface area contributed by atoms with Crippen LogP contribution in [0.5, 0.6) is 5.75 Å². The lowest BCUT2D eigenvalue weighted by molar-refractivity contribution is -0.346. The minimum absolute atomic E-state index is 0.134. The van der Waals surface area contributed by atoms with Crippen LogP contribution >= 0.6 is 0 Å². The number of benzene rings is 1. The average Bonchev–Trinajstić information content (AvgIpc) is 3.22. The molecule has 3 heterocycles. The van der Waals surface area contributed by atoms with Gasteiger partial charge in [0.1, 0.15) is 72.8 Å². The van der Waals surface area contributed by atoms with E-state index >= 15 is 0 Å². The van der Waals surface area contributed by atoms with E-state index in [9.17, 15) is 50.1 Å². The molecule has 19 nitrogen and oxygen atoms in total. The Morgan fingerprint density at radius 2 is 1.23 bits per heavy atom. The van der Waals surface area contributed by atoms with Crippen LogP contribution in [0.2, 0.25) is 0 Å². The van der Waals surface area contributed by atoms with Gasteiger partial charge in [0.05, 0.1) is 38.6 Å². The number of carbonyl (C=O) groups excluding carboxylic acids is 3. The lowest BCUT2D eigenvalue weighted by Gasteiger charge is -2.50. The Balaban J connectivity index is 1.49. The monoisotopic (exact) mass is 855 g/mol. The topological polar surface area (TPSA) is 284 Å².